The maximum Gasteiger partial charge on any atom is 0.253 e. The number of H-pyrrole nitrogens is 1. The highest BCUT2D eigenvalue weighted by Gasteiger charge is 2.14. The Labute approximate surface area is 175 Å². The van der Waals surface area contributed by atoms with Crippen molar-refractivity contribution < 1.29 is 9.47 Å². The van der Waals surface area contributed by atoms with Crippen LogP contribution in [0.2, 0.25) is 0 Å². The molecule has 0 saturated carbocycles. The minimum absolute atomic E-state index is 0.123. The summed E-state index contributed by atoms with van der Waals surface area (Å²) in [6.07, 6.45) is 0. The Balaban J connectivity index is 1.90. The van der Waals surface area contributed by atoms with Gasteiger partial charge >= 0.3 is 0 Å². The molecular formula is C22H25N3O3S. The van der Waals surface area contributed by atoms with Crippen LogP contribution in [0.1, 0.15) is 18.1 Å². The molecule has 3 aromatic rings. The predicted octanol–water partition coefficient (Wildman–Crippen LogP) is 3.44. The van der Waals surface area contributed by atoms with E-state index in [1.165, 1.54) is 0 Å². The molecule has 0 aliphatic carbocycles. The first-order valence-electron chi connectivity index (χ1n) is 9.39. The van der Waals surface area contributed by atoms with Gasteiger partial charge in [0.2, 0.25) is 0 Å². The van der Waals surface area contributed by atoms with E-state index >= 15 is 0 Å². The van der Waals surface area contributed by atoms with Crippen LogP contribution in [-0.4, -0.2) is 35.8 Å². The summed E-state index contributed by atoms with van der Waals surface area (Å²) in [6.45, 7) is 3.67. The van der Waals surface area contributed by atoms with E-state index in [9.17, 15) is 4.79 Å². The number of hydrogen-bond acceptors (Lipinski definition) is 4. The van der Waals surface area contributed by atoms with Gasteiger partial charge in [0, 0.05) is 29.6 Å². The van der Waals surface area contributed by atoms with Crippen LogP contribution in [-0.2, 0) is 13.1 Å². The maximum atomic E-state index is 12.6. The number of nitrogens with one attached hydrogen (secondary N) is 2. The topological polar surface area (TPSA) is 66.6 Å². The lowest BCUT2D eigenvalue weighted by Gasteiger charge is -2.26. The van der Waals surface area contributed by atoms with E-state index in [2.05, 4.69) is 10.3 Å². The lowest BCUT2D eigenvalue weighted by molar-refractivity contribution is 0.396. The maximum absolute atomic E-state index is 12.6. The van der Waals surface area contributed by atoms with Crippen molar-refractivity contribution in [2.24, 2.45) is 0 Å². The number of aromatic nitrogens is 1. The number of ether oxygens (including phenoxy) is 2. The van der Waals surface area contributed by atoms with E-state index in [0.29, 0.717) is 30.3 Å². The van der Waals surface area contributed by atoms with E-state index in [1.807, 2.05) is 60.4 Å². The number of rotatable bonds is 7. The quantitative estimate of drug-likeness (QED) is 0.581. The van der Waals surface area contributed by atoms with Gasteiger partial charge in [0.05, 0.1) is 20.8 Å². The smallest absolute Gasteiger partial charge is 0.253 e. The fourth-order valence-electron chi connectivity index (χ4n) is 3.09. The largest absolute Gasteiger partial charge is 0.497 e. The van der Waals surface area contributed by atoms with Crippen molar-refractivity contribution in [2.45, 2.75) is 20.0 Å². The van der Waals surface area contributed by atoms with Gasteiger partial charge in [-0.15, -0.1) is 0 Å². The van der Waals surface area contributed by atoms with Crippen LogP contribution in [0, 0.1) is 0 Å². The molecule has 0 fully saturated rings. The first-order valence-corrected chi connectivity index (χ1v) is 9.80. The zero-order valence-electron chi connectivity index (χ0n) is 16.8. The number of aromatic amines is 1. The van der Waals surface area contributed by atoms with Crippen molar-refractivity contribution in [3.8, 4) is 11.5 Å². The fourth-order valence-corrected chi connectivity index (χ4v) is 3.37. The number of pyridine rings is 1. The third-order valence-corrected chi connectivity index (χ3v) is 5.04. The summed E-state index contributed by atoms with van der Waals surface area (Å²) in [5.74, 6) is 1.54. The van der Waals surface area contributed by atoms with Crippen LogP contribution in [0.15, 0.2) is 53.3 Å². The number of fused-ring (bicyclic) bond motifs is 1. The first kappa shape index (κ1) is 20.7. The Morgan fingerprint density at radius 1 is 1.03 bits per heavy atom. The molecule has 0 radical (unpaired) electrons. The third kappa shape index (κ3) is 5.06. The van der Waals surface area contributed by atoms with E-state index in [0.717, 1.165) is 28.0 Å². The van der Waals surface area contributed by atoms with Crippen molar-refractivity contribution in [3.05, 3.63) is 70.0 Å². The molecular weight excluding hydrogens is 386 g/mol. The van der Waals surface area contributed by atoms with Gasteiger partial charge in [0.15, 0.2) is 5.11 Å². The Bertz CT molecular complexity index is 1050. The van der Waals surface area contributed by atoms with Gasteiger partial charge in [-0.2, -0.15) is 0 Å². The molecule has 0 spiro atoms. The molecule has 0 amide bonds. The molecule has 0 aliphatic rings. The molecule has 7 heteroatoms. The van der Waals surface area contributed by atoms with Crippen LogP contribution < -0.4 is 20.3 Å². The summed E-state index contributed by atoms with van der Waals surface area (Å²) in [6, 6.07) is 15.3. The molecule has 0 bridgehead atoms. The molecule has 3 rings (SSSR count). The van der Waals surface area contributed by atoms with Gasteiger partial charge in [0.1, 0.15) is 11.5 Å². The minimum Gasteiger partial charge on any atom is -0.497 e. The second-order valence-corrected chi connectivity index (χ2v) is 7.00. The van der Waals surface area contributed by atoms with Gasteiger partial charge in [0.25, 0.3) is 5.56 Å². The zero-order chi connectivity index (χ0) is 20.8. The predicted molar refractivity (Wildman–Crippen MR) is 120 cm³/mol. The highest BCUT2D eigenvalue weighted by Crippen LogP contribution is 2.20. The van der Waals surface area contributed by atoms with Gasteiger partial charge in [-0.3, -0.25) is 4.79 Å². The number of thiocarbonyl (C=S) groups is 1. The second-order valence-electron chi connectivity index (χ2n) is 6.62. The molecule has 0 atom stereocenters. The highest BCUT2D eigenvalue weighted by atomic mass is 32.1. The molecule has 1 heterocycles. The van der Waals surface area contributed by atoms with Crippen molar-refractivity contribution >= 4 is 28.2 Å². The highest BCUT2D eigenvalue weighted by molar-refractivity contribution is 7.80. The standard InChI is InChI=1S/C22H25N3O3S/c1-4-23-22(29)25(13-15-5-7-18(27-2)8-6-15)14-17-11-16-12-19(28-3)9-10-20(16)24-21(17)26/h5-12H,4,13-14H2,1-3H3,(H,23,29)(H,24,26). The average Bonchev–Trinajstić information content (AvgIpc) is 2.74. The van der Waals surface area contributed by atoms with E-state index in [4.69, 9.17) is 21.7 Å². The van der Waals surface area contributed by atoms with Crippen LogP contribution in [0.25, 0.3) is 10.9 Å². The number of methoxy groups -OCH3 is 2. The summed E-state index contributed by atoms with van der Waals surface area (Å²) in [5, 5.41) is 4.70. The lowest BCUT2D eigenvalue weighted by atomic mass is 10.1. The van der Waals surface area contributed by atoms with Crippen LogP contribution >= 0.6 is 12.2 Å². The molecule has 2 aromatic carbocycles. The Morgan fingerprint density at radius 2 is 1.72 bits per heavy atom. The summed E-state index contributed by atoms with van der Waals surface area (Å²) in [4.78, 5) is 17.6. The second kappa shape index (κ2) is 9.43. The van der Waals surface area contributed by atoms with Crippen molar-refractivity contribution in [2.75, 3.05) is 20.8 Å². The summed E-state index contributed by atoms with van der Waals surface area (Å²) in [5.41, 5.74) is 2.36. The third-order valence-electron chi connectivity index (χ3n) is 4.64. The molecule has 6 nitrogen and oxygen atoms in total. The van der Waals surface area contributed by atoms with Crippen molar-refractivity contribution in [1.82, 2.24) is 15.2 Å². The summed E-state index contributed by atoms with van der Waals surface area (Å²) >= 11 is 5.56. The Hall–Kier alpha value is -3.06. The van der Waals surface area contributed by atoms with Crippen LogP contribution in [0.3, 0.4) is 0 Å². The van der Waals surface area contributed by atoms with Gasteiger partial charge < -0.3 is 24.7 Å². The van der Waals surface area contributed by atoms with Gasteiger partial charge in [-0.05, 0) is 61.1 Å². The van der Waals surface area contributed by atoms with Crippen molar-refractivity contribution in [3.63, 3.8) is 0 Å². The fraction of sp³-hybridized carbons (Fsp3) is 0.273. The summed E-state index contributed by atoms with van der Waals surface area (Å²) < 4.78 is 10.5. The molecule has 1 aromatic heterocycles. The lowest BCUT2D eigenvalue weighted by Crippen LogP contribution is -2.39. The van der Waals surface area contributed by atoms with E-state index in [1.54, 1.807) is 14.2 Å². The molecule has 0 unspecified atom stereocenters. The molecule has 2 N–H and O–H groups in total. The van der Waals surface area contributed by atoms with Crippen LogP contribution in [0.5, 0.6) is 11.5 Å². The Morgan fingerprint density at radius 3 is 2.38 bits per heavy atom. The molecule has 0 aliphatic heterocycles. The number of nitrogens with zero attached hydrogens (tertiary/aromatic N) is 1. The van der Waals surface area contributed by atoms with Crippen molar-refractivity contribution in [1.29, 1.82) is 0 Å². The normalized spacial score (nSPS) is 10.6. The van der Waals surface area contributed by atoms with Gasteiger partial charge in [-0.25, -0.2) is 0 Å². The molecule has 29 heavy (non-hydrogen) atoms. The first-order chi connectivity index (χ1) is 14.0. The van der Waals surface area contributed by atoms with E-state index in [-0.39, 0.29) is 5.56 Å². The Kier molecular flexibility index (Phi) is 6.72. The minimum atomic E-state index is -0.123. The van der Waals surface area contributed by atoms with E-state index < -0.39 is 0 Å². The monoisotopic (exact) mass is 411 g/mol. The van der Waals surface area contributed by atoms with Gasteiger partial charge in [-0.1, -0.05) is 12.1 Å². The average molecular weight is 412 g/mol. The zero-order valence-corrected chi connectivity index (χ0v) is 17.6. The SMILES string of the molecule is CCNC(=S)N(Cc1ccc(OC)cc1)Cc1cc2cc(OC)ccc2[nH]c1=O. The summed E-state index contributed by atoms with van der Waals surface area (Å²) in [7, 11) is 3.27. The number of benzene rings is 2. The number of hydrogen-bond donors (Lipinski definition) is 2. The van der Waals surface area contributed by atoms with Crippen LogP contribution in [0.4, 0.5) is 0 Å². The molecule has 0 saturated heterocycles. The molecule has 152 valence electrons.